The quantitative estimate of drug-likeness (QED) is 0.873. The maximum Gasteiger partial charge on any atom is 0.242 e. The molecule has 0 saturated heterocycles. The van der Waals surface area contributed by atoms with Gasteiger partial charge in [0.15, 0.2) is 5.78 Å². The molecule has 0 aliphatic carbocycles. The number of rotatable bonds is 4. The van der Waals surface area contributed by atoms with Crippen LogP contribution in [0.25, 0.3) is 0 Å². The third-order valence-corrected chi connectivity index (χ3v) is 4.44. The lowest BCUT2D eigenvalue weighted by atomic mass is 10.00. The third-order valence-electron chi connectivity index (χ3n) is 4.44. The van der Waals surface area contributed by atoms with Crippen molar-refractivity contribution in [2.75, 3.05) is 18.4 Å². The molecule has 2 aromatic rings. The molecule has 1 N–H and O–H groups in total. The molecule has 5 heteroatoms. The van der Waals surface area contributed by atoms with E-state index in [4.69, 9.17) is 5.26 Å². The van der Waals surface area contributed by atoms with Crippen molar-refractivity contribution in [1.29, 1.82) is 5.26 Å². The first kappa shape index (κ1) is 16.7. The monoisotopic (exact) mass is 333 g/mol. The summed E-state index contributed by atoms with van der Waals surface area (Å²) in [4.78, 5) is 26.1. The number of hydrogen-bond donors (Lipinski definition) is 1. The fraction of sp³-hybridized carbons (Fsp3) is 0.250. The molecule has 0 fully saturated rings. The predicted molar refractivity (Wildman–Crippen MR) is 95.2 cm³/mol. The van der Waals surface area contributed by atoms with E-state index in [2.05, 4.69) is 11.4 Å². The Kier molecular flexibility index (Phi) is 4.80. The largest absolute Gasteiger partial charge is 0.376 e. The van der Waals surface area contributed by atoms with E-state index in [9.17, 15) is 9.59 Å². The highest BCUT2D eigenvalue weighted by atomic mass is 16.2. The molecule has 1 aliphatic rings. The van der Waals surface area contributed by atoms with E-state index in [0.29, 0.717) is 29.9 Å². The molecule has 0 atom stereocenters. The lowest BCUT2D eigenvalue weighted by Gasteiger charge is -2.29. The van der Waals surface area contributed by atoms with Gasteiger partial charge < -0.3 is 10.2 Å². The van der Waals surface area contributed by atoms with Crippen LogP contribution in [0.3, 0.4) is 0 Å². The maximum absolute atomic E-state index is 12.5. The number of carbonyl (C=O) groups is 2. The summed E-state index contributed by atoms with van der Waals surface area (Å²) < 4.78 is 0. The molecule has 3 rings (SSSR count). The van der Waals surface area contributed by atoms with Crippen molar-refractivity contribution in [2.45, 2.75) is 19.9 Å². The molecule has 0 saturated carbocycles. The van der Waals surface area contributed by atoms with E-state index in [-0.39, 0.29) is 18.2 Å². The fourth-order valence-corrected chi connectivity index (χ4v) is 3.06. The first-order valence-electron chi connectivity index (χ1n) is 8.22. The summed E-state index contributed by atoms with van der Waals surface area (Å²) in [5.41, 5.74) is 3.93. The number of carbonyl (C=O) groups excluding carboxylic acids is 2. The van der Waals surface area contributed by atoms with Gasteiger partial charge in [-0.1, -0.05) is 24.3 Å². The second-order valence-electron chi connectivity index (χ2n) is 6.12. The lowest BCUT2D eigenvalue weighted by molar-refractivity contribution is -0.130. The average molecular weight is 333 g/mol. The minimum Gasteiger partial charge on any atom is -0.376 e. The van der Waals surface area contributed by atoms with Gasteiger partial charge in [0.1, 0.15) is 0 Å². The molecule has 0 bridgehead atoms. The number of nitrogens with one attached hydrogen (secondary N) is 1. The van der Waals surface area contributed by atoms with Gasteiger partial charge in [-0.15, -0.1) is 0 Å². The van der Waals surface area contributed by atoms with Crippen LogP contribution in [-0.4, -0.2) is 29.7 Å². The van der Waals surface area contributed by atoms with Crippen LogP contribution >= 0.6 is 0 Å². The third kappa shape index (κ3) is 3.69. The Bertz CT molecular complexity index is 867. The number of nitriles is 1. The Morgan fingerprint density at radius 2 is 1.96 bits per heavy atom. The first-order chi connectivity index (χ1) is 12.1. The smallest absolute Gasteiger partial charge is 0.242 e. The molecular formula is C20H19N3O2. The molecular weight excluding hydrogens is 314 g/mol. The second-order valence-corrected chi connectivity index (χ2v) is 6.12. The van der Waals surface area contributed by atoms with Crippen LogP contribution in [0.15, 0.2) is 42.5 Å². The average Bonchev–Trinajstić information content (AvgIpc) is 2.65. The van der Waals surface area contributed by atoms with Gasteiger partial charge >= 0.3 is 0 Å². The Morgan fingerprint density at radius 1 is 1.20 bits per heavy atom. The zero-order valence-electron chi connectivity index (χ0n) is 14.1. The van der Waals surface area contributed by atoms with Crippen molar-refractivity contribution in [3.8, 4) is 6.07 Å². The molecule has 0 aromatic heterocycles. The Balaban J connectivity index is 1.69. The maximum atomic E-state index is 12.5. The van der Waals surface area contributed by atoms with Gasteiger partial charge in [-0.2, -0.15) is 5.26 Å². The van der Waals surface area contributed by atoms with Crippen molar-refractivity contribution in [3.63, 3.8) is 0 Å². The molecule has 1 heterocycles. The Labute approximate surface area is 146 Å². The number of anilines is 1. The number of amides is 1. The van der Waals surface area contributed by atoms with E-state index in [1.807, 2.05) is 29.2 Å². The first-order valence-corrected chi connectivity index (χ1v) is 8.22. The molecule has 0 spiro atoms. The summed E-state index contributed by atoms with van der Waals surface area (Å²) in [5.74, 6) is -0.127. The van der Waals surface area contributed by atoms with Crippen LogP contribution in [0, 0.1) is 11.3 Å². The van der Waals surface area contributed by atoms with Gasteiger partial charge in [0.2, 0.25) is 5.91 Å². The standard InChI is InChI=1S/C20H19N3O2/c1-14(24)18-7-6-15(11-21)10-19(18)22-12-20(25)23-9-8-16-4-2-3-5-17(16)13-23/h2-7,10,22H,8-9,12-13H2,1H3. The zero-order valence-corrected chi connectivity index (χ0v) is 14.1. The van der Waals surface area contributed by atoms with E-state index in [1.54, 1.807) is 18.2 Å². The van der Waals surface area contributed by atoms with E-state index in [0.717, 1.165) is 6.42 Å². The normalized spacial score (nSPS) is 12.9. The van der Waals surface area contributed by atoms with Gasteiger partial charge in [-0.05, 0) is 42.7 Å². The van der Waals surface area contributed by atoms with Crippen molar-refractivity contribution >= 4 is 17.4 Å². The number of hydrogen-bond acceptors (Lipinski definition) is 4. The van der Waals surface area contributed by atoms with Crippen molar-refractivity contribution in [1.82, 2.24) is 4.90 Å². The predicted octanol–water partition coefficient (Wildman–Crippen LogP) is 2.76. The van der Waals surface area contributed by atoms with Crippen molar-refractivity contribution in [2.24, 2.45) is 0 Å². The Morgan fingerprint density at radius 3 is 2.68 bits per heavy atom. The van der Waals surface area contributed by atoms with Crippen molar-refractivity contribution in [3.05, 3.63) is 64.7 Å². The summed E-state index contributed by atoms with van der Waals surface area (Å²) in [5, 5.41) is 12.1. The van der Waals surface area contributed by atoms with Crippen LogP contribution in [-0.2, 0) is 17.8 Å². The number of Topliss-reactive ketones (excluding diaryl/α,β-unsaturated/α-hetero) is 1. The molecule has 1 aliphatic heterocycles. The SMILES string of the molecule is CC(=O)c1ccc(C#N)cc1NCC(=O)N1CCc2ccccc2C1. The summed E-state index contributed by atoms with van der Waals surface area (Å²) >= 11 is 0. The van der Waals surface area contributed by atoms with E-state index < -0.39 is 0 Å². The topological polar surface area (TPSA) is 73.2 Å². The molecule has 0 unspecified atom stereocenters. The highest BCUT2D eigenvalue weighted by molar-refractivity contribution is 6.00. The molecule has 2 aromatic carbocycles. The van der Waals surface area contributed by atoms with E-state index >= 15 is 0 Å². The van der Waals surface area contributed by atoms with Crippen LogP contribution in [0.2, 0.25) is 0 Å². The molecule has 126 valence electrons. The van der Waals surface area contributed by atoms with Crippen LogP contribution < -0.4 is 5.32 Å². The molecule has 0 radical (unpaired) electrons. The highest BCUT2D eigenvalue weighted by Crippen LogP contribution is 2.20. The molecule has 1 amide bonds. The minimum absolute atomic E-state index is 0.0219. The fourth-order valence-electron chi connectivity index (χ4n) is 3.06. The summed E-state index contributed by atoms with van der Waals surface area (Å²) in [7, 11) is 0. The second kappa shape index (κ2) is 7.18. The lowest BCUT2D eigenvalue weighted by Crippen LogP contribution is -2.39. The van der Waals surface area contributed by atoms with Gasteiger partial charge in [0.05, 0.1) is 18.2 Å². The van der Waals surface area contributed by atoms with Gasteiger partial charge in [-0.3, -0.25) is 9.59 Å². The molecule has 25 heavy (non-hydrogen) atoms. The van der Waals surface area contributed by atoms with Crippen molar-refractivity contribution < 1.29 is 9.59 Å². The highest BCUT2D eigenvalue weighted by Gasteiger charge is 2.20. The van der Waals surface area contributed by atoms with Crippen LogP contribution in [0.4, 0.5) is 5.69 Å². The molecule has 5 nitrogen and oxygen atoms in total. The van der Waals surface area contributed by atoms with Gasteiger partial charge in [0.25, 0.3) is 0 Å². The minimum atomic E-state index is -0.105. The summed E-state index contributed by atoms with van der Waals surface area (Å²) in [6.07, 6.45) is 0.852. The Hall–Kier alpha value is -3.13. The van der Waals surface area contributed by atoms with Crippen LogP contribution in [0.1, 0.15) is 34.0 Å². The summed E-state index contributed by atoms with van der Waals surface area (Å²) in [6.45, 7) is 2.86. The van der Waals surface area contributed by atoms with Gasteiger partial charge in [0, 0.05) is 24.3 Å². The van der Waals surface area contributed by atoms with E-state index in [1.165, 1.54) is 18.1 Å². The number of fused-ring (bicyclic) bond motifs is 1. The number of nitrogens with zero attached hydrogens (tertiary/aromatic N) is 2. The zero-order chi connectivity index (χ0) is 17.8. The van der Waals surface area contributed by atoms with Crippen LogP contribution in [0.5, 0.6) is 0 Å². The number of benzene rings is 2. The number of ketones is 1. The summed E-state index contributed by atoms with van der Waals surface area (Å²) in [6, 6.07) is 15.0. The van der Waals surface area contributed by atoms with Gasteiger partial charge in [-0.25, -0.2) is 0 Å².